The van der Waals surface area contributed by atoms with Gasteiger partial charge < -0.3 is 9.47 Å². The fourth-order valence-electron chi connectivity index (χ4n) is 1.41. The lowest BCUT2D eigenvalue weighted by atomic mass is 10.3. The third kappa shape index (κ3) is 3.54. The summed E-state index contributed by atoms with van der Waals surface area (Å²) < 4.78 is 31.9. The normalized spacial score (nSPS) is 11.3. The summed E-state index contributed by atoms with van der Waals surface area (Å²) in [6.07, 6.45) is 0. The van der Waals surface area contributed by atoms with Crippen LogP contribution in [0, 0.1) is 0 Å². The first kappa shape index (κ1) is 15.4. The highest BCUT2D eigenvalue weighted by molar-refractivity contribution is 7.91. The third-order valence-corrected chi connectivity index (χ3v) is 4.57. The van der Waals surface area contributed by atoms with Crippen molar-refractivity contribution >= 4 is 43.5 Å². The fraction of sp³-hybridized carbons (Fsp3) is 0.182. The highest BCUT2D eigenvalue weighted by Crippen LogP contribution is 2.28. The second-order valence-electron chi connectivity index (χ2n) is 3.76. The van der Waals surface area contributed by atoms with Gasteiger partial charge in [-0.2, -0.15) is 0 Å². The molecular weight excluding hydrogens is 320 g/mol. The second kappa shape index (κ2) is 5.76. The SMILES string of the molecule is CCOC(=O)C(=O)Oc1ccc2nc(S(N)(=O)=O)sc2c1. The molecular formula is C11H10N2O6S2. The Bertz CT molecular complexity index is 811. The molecule has 10 heteroatoms. The number of nitrogens with zero attached hydrogens (tertiary/aromatic N) is 1. The number of aromatic nitrogens is 1. The van der Waals surface area contributed by atoms with Crippen LogP contribution < -0.4 is 9.88 Å². The Labute approximate surface area is 123 Å². The van der Waals surface area contributed by atoms with E-state index >= 15 is 0 Å². The predicted molar refractivity (Wildman–Crippen MR) is 73.3 cm³/mol. The number of carbonyl (C=O) groups excluding carboxylic acids is 2. The van der Waals surface area contributed by atoms with E-state index in [1.165, 1.54) is 18.2 Å². The molecule has 0 saturated carbocycles. The minimum absolute atomic E-state index is 0.0551. The van der Waals surface area contributed by atoms with Crippen molar-refractivity contribution in [2.45, 2.75) is 11.3 Å². The molecule has 112 valence electrons. The number of thiazole rings is 1. The molecule has 2 N–H and O–H groups in total. The van der Waals surface area contributed by atoms with Gasteiger partial charge in [0.1, 0.15) is 5.75 Å². The smallest absolute Gasteiger partial charge is 0.422 e. The van der Waals surface area contributed by atoms with Gasteiger partial charge in [-0.05, 0) is 19.1 Å². The number of hydrogen-bond donors (Lipinski definition) is 1. The zero-order chi connectivity index (χ0) is 15.6. The third-order valence-electron chi connectivity index (χ3n) is 2.24. The van der Waals surface area contributed by atoms with E-state index in [9.17, 15) is 18.0 Å². The minimum atomic E-state index is -3.90. The van der Waals surface area contributed by atoms with Crippen molar-refractivity contribution in [1.29, 1.82) is 0 Å². The average molecular weight is 330 g/mol. The van der Waals surface area contributed by atoms with Crippen LogP contribution in [0.1, 0.15) is 6.92 Å². The maximum absolute atomic E-state index is 11.4. The Balaban J connectivity index is 2.27. The van der Waals surface area contributed by atoms with Crippen LogP contribution in [-0.4, -0.2) is 31.9 Å². The maximum atomic E-state index is 11.4. The molecule has 0 unspecified atom stereocenters. The van der Waals surface area contributed by atoms with Gasteiger partial charge in [0.25, 0.3) is 10.0 Å². The number of benzene rings is 1. The van der Waals surface area contributed by atoms with Gasteiger partial charge in [-0.25, -0.2) is 28.1 Å². The Morgan fingerprint density at radius 3 is 2.67 bits per heavy atom. The van der Waals surface area contributed by atoms with Crippen molar-refractivity contribution < 1.29 is 27.5 Å². The standard InChI is InChI=1S/C11H10N2O6S2/c1-2-18-9(14)10(15)19-6-3-4-7-8(5-6)20-11(13-7)21(12,16)17/h3-5H,2H2,1H3,(H2,12,16,17). The minimum Gasteiger partial charge on any atom is -0.458 e. The first-order valence-electron chi connectivity index (χ1n) is 5.63. The Hall–Kier alpha value is -2.04. The summed E-state index contributed by atoms with van der Waals surface area (Å²) in [4.78, 5) is 26.4. The molecule has 0 amide bonds. The quantitative estimate of drug-likeness (QED) is 0.491. The van der Waals surface area contributed by atoms with Crippen LogP contribution in [0.5, 0.6) is 5.75 Å². The van der Waals surface area contributed by atoms with Crippen LogP contribution in [0.15, 0.2) is 22.5 Å². The highest BCUT2D eigenvalue weighted by Gasteiger charge is 2.19. The van der Waals surface area contributed by atoms with Gasteiger partial charge in [0.05, 0.1) is 16.8 Å². The van der Waals surface area contributed by atoms with E-state index in [0.717, 1.165) is 11.3 Å². The molecule has 0 saturated heterocycles. The maximum Gasteiger partial charge on any atom is 0.422 e. The molecule has 0 aliphatic heterocycles. The van der Waals surface area contributed by atoms with Crippen LogP contribution in [0.25, 0.3) is 10.2 Å². The number of nitrogens with two attached hydrogens (primary N) is 1. The molecule has 2 aromatic rings. The van der Waals surface area contributed by atoms with Crippen LogP contribution in [-0.2, 0) is 24.3 Å². The lowest BCUT2D eigenvalue weighted by molar-refractivity contribution is -0.161. The number of ether oxygens (including phenoxy) is 2. The van der Waals surface area contributed by atoms with Gasteiger partial charge >= 0.3 is 11.9 Å². The molecule has 0 spiro atoms. The van der Waals surface area contributed by atoms with Crippen LogP contribution in [0.2, 0.25) is 0 Å². The lowest BCUT2D eigenvalue weighted by Gasteiger charge is -2.03. The van der Waals surface area contributed by atoms with Crippen molar-refractivity contribution in [2.24, 2.45) is 5.14 Å². The monoisotopic (exact) mass is 330 g/mol. The summed E-state index contributed by atoms with van der Waals surface area (Å²) in [7, 11) is -3.90. The Morgan fingerprint density at radius 1 is 1.33 bits per heavy atom. The van der Waals surface area contributed by atoms with E-state index in [4.69, 9.17) is 9.88 Å². The summed E-state index contributed by atoms with van der Waals surface area (Å²) in [5, 5.41) is 4.99. The number of esters is 2. The van der Waals surface area contributed by atoms with E-state index in [0.29, 0.717) is 10.2 Å². The van der Waals surface area contributed by atoms with Crippen LogP contribution in [0.3, 0.4) is 0 Å². The average Bonchev–Trinajstić information content (AvgIpc) is 2.82. The lowest BCUT2D eigenvalue weighted by Crippen LogP contribution is -2.22. The number of carbonyl (C=O) groups is 2. The van der Waals surface area contributed by atoms with Crippen LogP contribution in [0.4, 0.5) is 0 Å². The molecule has 0 atom stereocenters. The molecule has 8 nitrogen and oxygen atoms in total. The number of rotatable bonds is 3. The van der Waals surface area contributed by atoms with Gasteiger partial charge in [-0.15, -0.1) is 11.3 Å². The number of fused-ring (bicyclic) bond motifs is 1. The second-order valence-corrected chi connectivity index (χ2v) is 6.53. The molecule has 0 bridgehead atoms. The number of sulfonamides is 1. The topological polar surface area (TPSA) is 126 Å². The zero-order valence-electron chi connectivity index (χ0n) is 10.7. The molecule has 0 radical (unpaired) electrons. The van der Waals surface area contributed by atoms with E-state index in [1.54, 1.807) is 6.92 Å². The van der Waals surface area contributed by atoms with Crippen molar-refractivity contribution in [3.05, 3.63) is 18.2 Å². The summed E-state index contributed by atoms with van der Waals surface area (Å²) >= 11 is 0.833. The van der Waals surface area contributed by atoms with Gasteiger partial charge in [-0.3, -0.25) is 0 Å². The molecule has 1 aromatic heterocycles. The first-order valence-corrected chi connectivity index (χ1v) is 8.00. The fourth-order valence-corrected chi connectivity index (χ4v) is 3.09. The van der Waals surface area contributed by atoms with E-state index < -0.39 is 22.0 Å². The number of primary sulfonamides is 1. The molecule has 21 heavy (non-hydrogen) atoms. The zero-order valence-corrected chi connectivity index (χ0v) is 12.4. The van der Waals surface area contributed by atoms with E-state index in [-0.39, 0.29) is 16.7 Å². The van der Waals surface area contributed by atoms with Gasteiger partial charge in [-0.1, -0.05) is 0 Å². The molecule has 0 fully saturated rings. The van der Waals surface area contributed by atoms with Crippen molar-refractivity contribution in [3.8, 4) is 5.75 Å². The van der Waals surface area contributed by atoms with Crippen LogP contribution >= 0.6 is 11.3 Å². The van der Waals surface area contributed by atoms with Crippen molar-refractivity contribution in [2.75, 3.05) is 6.61 Å². The Morgan fingerprint density at radius 2 is 2.05 bits per heavy atom. The predicted octanol–water partition coefficient (Wildman–Crippen LogP) is 0.412. The van der Waals surface area contributed by atoms with E-state index in [2.05, 4.69) is 9.72 Å². The summed E-state index contributed by atoms with van der Waals surface area (Å²) in [6, 6.07) is 4.22. The Kier molecular flexibility index (Phi) is 4.21. The highest BCUT2D eigenvalue weighted by atomic mass is 32.2. The molecule has 0 aliphatic rings. The van der Waals surface area contributed by atoms with Crippen molar-refractivity contribution in [3.63, 3.8) is 0 Å². The van der Waals surface area contributed by atoms with E-state index in [1.807, 2.05) is 0 Å². The summed E-state index contributed by atoms with van der Waals surface area (Å²) in [5.74, 6) is -2.19. The summed E-state index contributed by atoms with van der Waals surface area (Å²) in [6.45, 7) is 1.61. The van der Waals surface area contributed by atoms with Gasteiger partial charge in [0.15, 0.2) is 0 Å². The molecule has 0 aliphatic carbocycles. The first-order chi connectivity index (χ1) is 9.81. The summed E-state index contributed by atoms with van der Waals surface area (Å²) in [5.41, 5.74) is 0.389. The molecule has 2 rings (SSSR count). The van der Waals surface area contributed by atoms with Gasteiger partial charge in [0, 0.05) is 6.07 Å². The molecule has 1 heterocycles. The number of hydrogen-bond acceptors (Lipinski definition) is 8. The van der Waals surface area contributed by atoms with Gasteiger partial charge in [0.2, 0.25) is 4.34 Å². The largest absolute Gasteiger partial charge is 0.458 e. The van der Waals surface area contributed by atoms with Crippen molar-refractivity contribution in [1.82, 2.24) is 4.98 Å². The molecule has 1 aromatic carbocycles.